The number of hydrogen-bond acceptors (Lipinski definition) is 4. The number of rotatable bonds is 4. The van der Waals surface area contributed by atoms with Crippen LogP contribution in [0, 0.1) is 3.57 Å². The third-order valence-corrected chi connectivity index (χ3v) is 3.17. The number of carbonyl (C=O) groups is 1. The van der Waals surface area contributed by atoms with E-state index in [-0.39, 0.29) is 11.6 Å². The molecule has 6 heteroatoms. The SMILES string of the molecule is COc1cc(C(=O)NCc2ccc(I)cc2)ncn1. The standard InChI is InChI=1S/C13H12IN3O2/c1-19-12-6-11(16-8-17-12)13(18)15-7-9-2-4-10(14)5-3-9/h2-6,8H,7H2,1H3,(H,15,18). The molecule has 0 aliphatic heterocycles. The highest BCUT2D eigenvalue weighted by atomic mass is 127. The molecule has 0 fully saturated rings. The molecule has 0 atom stereocenters. The number of carbonyl (C=O) groups excluding carboxylic acids is 1. The van der Waals surface area contributed by atoms with Crippen molar-refractivity contribution < 1.29 is 9.53 Å². The van der Waals surface area contributed by atoms with Crippen molar-refractivity contribution in [3.8, 4) is 5.88 Å². The summed E-state index contributed by atoms with van der Waals surface area (Å²) in [5.41, 5.74) is 1.33. The van der Waals surface area contributed by atoms with Crippen LogP contribution in [0.15, 0.2) is 36.7 Å². The Balaban J connectivity index is 1.99. The number of nitrogens with one attached hydrogen (secondary N) is 1. The normalized spacial score (nSPS) is 10.0. The number of ether oxygens (including phenoxy) is 1. The summed E-state index contributed by atoms with van der Waals surface area (Å²) in [6, 6.07) is 9.44. The lowest BCUT2D eigenvalue weighted by Gasteiger charge is -2.05. The van der Waals surface area contributed by atoms with Gasteiger partial charge in [0.2, 0.25) is 5.88 Å². The van der Waals surface area contributed by atoms with Crippen molar-refractivity contribution >= 4 is 28.5 Å². The van der Waals surface area contributed by atoms with Crippen molar-refractivity contribution in [2.75, 3.05) is 7.11 Å². The molecular weight excluding hydrogens is 357 g/mol. The molecule has 1 aromatic heterocycles. The van der Waals surface area contributed by atoms with Crippen LogP contribution in [0.3, 0.4) is 0 Å². The first kappa shape index (κ1) is 13.7. The molecule has 0 aliphatic carbocycles. The molecule has 1 N–H and O–H groups in total. The van der Waals surface area contributed by atoms with E-state index in [1.54, 1.807) is 0 Å². The van der Waals surface area contributed by atoms with Crippen LogP contribution >= 0.6 is 22.6 Å². The molecule has 1 amide bonds. The predicted octanol–water partition coefficient (Wildman–Crippen LogP) is 2.02. The molecular formula is C13H12IN3O2. The van der Waals surface area contributed by atoms with Gasteiger partial charge in [0.05, 0.1) is 7.11 Å². The van der Waals surface area contributed by atoms with Crippen LogP contribution in [-0.2, 0) is 6.54 Å². The van der Waals surface area contributed by atoms with Gasteiger partial charge in [0.25, 0.3) is 5.91 Å². The van der Waals surface area contributed by atoms with E-state index in [0.29, 0.717) is 12.4 Å². The first-order valence-corrected chi connectivity index (χ1v) is 6.65. The van der Waals surface area contributed by atoms with Gasteiger partial charge < -0.3 is 10.1 Å². The number of amides is 1. The van der Waals surface area contributed by atoms with Gasteiger partial charge in [0.1, 0.15) is 12.0 Å². The van der Waals surface area contributed by atoms with Crippen LogP contribution in [0.2, 0.25) is 0 Å². The largest absolute Gasteiger partial charge is 0.481 e. The van der Waals surface area contributed by atoms with Gasteiger partial charge in [0.15, 0.2) is 0 Å². The van der Waals surface area contributed by atoms with Crippen LogP contribution in [0.4, 0.5) is 0 Å². The molecule has 0 radical (unpaired) electrons. The van der Waals surface area contributed by atoms with Crippen LogP contribution < -0.4 is 10.1 Å². The van der Waals surface area contributed by atoms with Gasteiger partial charge in [0, 0.05) is 16.2 Å². The van der Waals surface area contributed by atoms with Gasteiger partial charge >= 0.3 is 0 Å². The molecule has 5 nitrogen and oxygen atoms in total. The highest BCUT2D eigenvalue weighted by Crippen LogP contribution is 2.08. The first-order valence-electron chi connectivity index (χ1n) is 5.57. The number of aromatic nitrogens is 2. The summed E-state index contributed by atoms with van der Waals surface area (Å²) >= 11 is 2.24. The van der Waals surface area contributed by atoms with E-state index in [4.69, 9.17) is 4.74 Å². The first-order chi connectivity index (χ1) is 9.19. The monoisotopic (exact) mass is 369 g/mol. The number of benzene rings is 1. The van der Waals surface area contributed by atoms with Crippen molar-refractivity contribution in [1.29, 1.82) is 0 Å². The summed E-state index contributed by atoms with van der Waals surface area (Å²) in [4.78, 5) is 19.7. The van der Waals surface area contributed by atoms with Gasteiger partial charge in [-0.2, -0.15) is 0 Å². The molecule has 0 saturated heterocycles. The maximum atomic E-state index is 11.9. The maximum Gasteiger partial charge on any atom is 0.270 e. The zero-order valence-electron chi connectivity index (χ0n) is 10.3. The Morgan fingerprint density at radius 1 is 1.32 bits per heavy atom. The molecule has 2 aromatic rings. The number of nitrogens with zero attached hydrogens (tertiary/aromatic N) is 2. The summed E-state index contributed by atoms with van der Waals surface area (Å²) in [5.74, 6) is 0.119. The minimum atomic E-state index is -0.251. The fourth-order valence-corrected chi connectivity index (χ4v) is 1.81. The minimum absolute atomic E-state index is 0.251. The van der Waals surface area contributed by atoms with Crippen LogP contribution in [0.5, 0.6) is 5.88 Å². The van der Waals surface area contributed by atoms with E-state index in [9.17, 15) is 4.79 Å². The molecule has 0 bridgehead atoms. The average molecular weight is 369 g/mol. The lowest BCUT2D eigenvalue weighted by molar-refractivity contribution is 0.0945. The molecule has 0 saturated carbocycles. The van der Waals surface area contributed by atoms with E-state index in [2.05, 4.69) is 37.9 Å². The Hall–Kier alpha value is -1.70. The Morgan fingerprint density at radius 3 is 2.74 bits per heavy atom. The summed E-state index contributed by atoms with van der Waals surface area (Å²) in [6.45, 7) is 0.460. The van der Waals surface area contributed by atoms with Crippen LogP contribution in [0.25, 0.3) is 0 Å². The predicted molar refractivity (Wildman–Crippen MR) is 78.9 cm³/mol. The van der Waals surface area contributed by atoms with Gasteiger partial charge in [-0.15, -0.1) is 0 Å². The number of halogens is 1. The summed E-state index contributed by atoms with van der Waals surface area (Å²) in [7, 11) is 1.50. The van der Waals surface area contributed by atoms with Crippen LogP contribution in [-0.4, -0.2) is 23.0 Å². The summed E-state index contributed by atoms with van der Waals surface area (Å²) in [5, 5.41) is 2.80. The second-order valence-corrected chi connectivity index (χ2v) is 5.00. The zero-order valence-corrected chi connectivity index (χ0v) is 12.4. The molecule has 0 spiro atoms. The second-order valence-electron chi connectivity index (χ2n) is 3.75. The second kappa shape index (κ2) is 6.46. The van der Waals surface area contributed by atoms with Crippen molar-refractivity contribution in [2.24, 2.45) is 0 Å². The van der Waals surface area contributed by atoms with Crippen molar-refractivity contribution in [3.63, 3.8) is 0 Å². The van der Waals surface area contributed by atoms with Gasteiger partial charge in [-0.05, 0) is 40.3 Å². The third kappa shape index (κ3) is 3.88. The van der Waals surface area contributed by atoms with Crippen LogP contribution in [0.1, 0.15) is 16.1 Å². The Kier molecular flexibility index (Phi) is 4.67. The van der Waals surface area contributed by atoms with Gasteiger partial charge in [-0.3, -0.25) is 4.79 Å². The molecule has 1 heterocycles. The van der Waals surface area contributed by atoms with E-state index < -0.39 is 0 Å². The zero-order chi connectivity index (χ0) is 13.7. The Morgan fingerprint density at radius 2 is 2.05 bits per heavy atom. The summed E-state index contributed by atoms with van der Waals surface area (Å²) in [6.07, 6.45) is 1.30. The lowest BCUT2D eigenvalue weighted by atomic mass is 10.2. The van der Waals surface area contributed by atoms with Gasteiger partial charge in [-0.1, -0.05) is 12.1 Å². The highest BCUT2D eigenvalue weighted by molar-refractivity contribution is 14.1. The third-order valence-electron chi connectivity index (χ3n) is 2.45. The highest BCUT2D eigenvalue weighted by Gasteiger charge is 2.08. The fraction of sp³-hybridized carbons (Fsp3) is 0.154. The molecule has 19 heavy (non-hydrogen) atoms. The average Bonchev–Trinajstić information content (AvgIpc) is 2.46. The Labute approximate surface area is 124 Å². The van der Waals surface area contributed by atoms with E-state index in [1.807, 2.05) is 24.3 Å². The maximum absolute atomic E-state index is 11.9. The van der Waals surface area contributed by atoms with E-state index in [1.165, 1.54) is 19.5 Å². The van der Waals surface area contributed by atoms with Gasteiger partial charge in [-0.25, -0.2) is 9.97 Å². The van der Waals surface area contributed by atoms with Crippen molar-refractivity contribution in [1.82, 2.24) is 15.3 Å². The fourth-order valence-electron chi connectivity index (χ4n) is 1.45. The van der Waals surface area contributed by atoms with Crippen molar-refractivity contribution in [2.45, 2.75) is 6.54 Å². The number of hydrogen-bond donors (Lipinski definition) is 1. The number of methoxy groups -OCH3 is 1. The van der Waals surface area contributed by atoms with E-state index in [0.717, 1.165) is 9.13 Å². The minimum Gasteiger partial charge on any atom is -0.481 e. The quantitative estimate of drug-likeness (QED) is 0.838. The van der Waals surface area contributed by atoms with Crippen molar-refractivity contribution in [3.05, 3.63) is 51.5 Å². The van der Waals surface area contributed by atoms with E-state index >= 15 is 0 Å². The lowest BCUT2D eigenvalue weighted by Crippen LogP contribution is -2.23. The molecule has 0 unspecified atom stereocenters. The Bertz CT molecular complexity index is 572. The topological polar surface area (TPSA) is 64.1 Å². The molecule has 2 rings (SSSR count). The smallest absolute Gasteiger partial charge is 0.270 e. The molecule has 1 aromatic carbocycles. The molecule has 98 valence electrons. The summed E-state index contributed by atoms with van der Waals surface area (Å²) < 4.78 is 6.11. The molecule has 0 aliphatic rings.